The van der Waals surface area contributed by atoms with E-state index < -0.39 is 0 Å². The highest BCUT2D eigenvalue weighted by Gasteiger charge is 2.18. The lowest BCUT2D eigenvalue weighted by molar-refractivity contribution is 0.622. The smallest absolute Gasteiger partial charge is 0.124 e. The van der Waals surface area contributed by atoms with Crippen LogP contribution in [0.1, 0.15) is 23.1 Å². The first-order valence-electron chi connectivity index (χ1n) is 6.99. The molecule has 2 aromatic carbocycles. The van der Waals surface area contributed by atoms with Crippen molar-refractivity contribution >= 4 is 11.4 Å². The highest BCUT2D eigenvalue weighted by atomic mass is 19.1. The second kappa shape index (κ2) is 5.45. The van der Waals surface area contributed by atoms with Crippen molar-refractivity contribution in [2.75, 3.05) is 17.2 Å². The summed E-state index contributed by atoms with van der Waals surface area (Å²) >= 11 is 0. The van der Waals surface area contributed by atoms with Crippen molar-refractivity contribution in [1.82, 2.24) is 0 Å². The van der Waals surface area contributed by atoms with Gasteiger partial charge in [0, 0.05) is 24.5 Å². The van der Waals surface area contributed by atoms with Gasteiger partial charge in [0.15, 0.2) is 0 Å². The number of hydrogen-bond acceptors (Lipinski definition) is 3. The number of nitriles is 1. The first-order valence-corrected chi connectivity index (χ1v) is 6.99. The van der Waals surface area contributed by atoms with E-state index in [1.807, 2.05) is 18.2 Å². The SMILES string of the molecule is N#Cc1cc(F)cc(CN2CCCc3c(N)cccc32)c1. The Balaban J connectivity index is 1.92. The summed E-state index contributed by atoms with van der Waals surface area (Å²) in [7, 11) is 0. The maximum atomic E-state index is 13.5. The van der Waals surface area contributed by atoms with E-state index in [1.54, 1.807) is 6.07 Å². The molecule has 0 aliphatic carbocycles. The van der Waals surface area contributed by atoms with Gasteiger partial charge in [0.1, 0.15) is 5.82 Å². The van der Waals surface area contributed by atoms with Gasteiger partial charge in [-0.25, -0.2) is 4.39 Å². The number of nitrogens with zero attached hydrogens (tertiary/aromatic N) is 2. The quantitative estimate of drug-likeness (QED) is 0.860. The number of hydrogen-bond donors (Lipinski definition) is 1. The number of nitrogens with two attached hydrogens (primary N) is 1. The minimum absolute atomic E-state index is 0.356. The summed E-state index contributed by atoms with van der Waals surface area (Å²) in [4.78, 5) is 2.20. The van der Waals surface area contributed by atoms with Crippen molar-refractivity contribution in [3.05, 3.63) is 58.9 Å². The van der Waals surface area contributed by atoms with Gasteiger partial charge in [-0.2, -0.15) is 5.26 Å². The molecule has 1 aliphatic heterocycles. The van der Waals surface area contributed by atoms with Crippen LogP contribution in [0.15, 0.2) is 36.4 Å². The summed E-state index contributed by atoms with van der Waals surface area (Å²) in [6, 6.07) is 12.4. The normalized spacial score (nSPS) is 13.6. The molecule has 21 heavy (non-hydrogen) atoms. The molecule has 1 heterocycles. The molecule has 0 saturated heterocycles. The van der Waals surface area contributed by atoms with Crippen LogP contribution < -0.4 is 10.6 Å². The van der Waals surface area contributed by atoms with Gasteiger partial charge < -0.3 is 10.6 Å². The fraction of sp³-hybridized carbons (Fsp3) is 0.235. The molecule has 106 valence electrons. The van der Waals surface area contributed by atoms with Crippen LogP contribution in [0, 0.1) is 17.1 Å². The summed E-state index contributed by atoms with van der Waals surface area (Å²) in [6.07, 6.45) is 2.01. The summed E-state index contributed by atoms with van der Waals surface area (Å²) in [5.74, 6) is -0.367. The number of halogens is 1. The van der Waals surface area contributed by atoms with Crippen LogP contribution >= 0.6 is 0 Å². The van der Waals surface area contributed by atoms with Crippen LogP contribution in [0.2, 0.25) is 0 Å². The molecule has 0 fully saturated rings. The van der Waals surface area contributed by atoms with Gasteiger partial charge in [0.05, 0.1) is 11.6 Å². The van der Waals surface area contributed by atoms with E-state index >= 15 is 0 Å². The molecule has 0 spiro atoms. The van der Waals surface area contributed by atoms with Gasteiger partial charge in [-0.3, -0.25) is 0 Å². The molecule has 1 aliphatic rings. The van der Waals surface area contributed by atoms with E-state index in [4.69, 9.17) is 11.0 Å². The fourth-order valence-corrected chi connectivity index (χ4v) is 2.92. The lowest BCUT2D eigenvalue weighted by Crippen LogP contribution is -2.29. The molecule has 3 rings (SSSR count). The van der Waals surface area contributed by atoms with Crippen molar-refractivity contribution in [2.45, 2.75) is 19.4 Å². The minimum atomic E-state index is -0.367. The molecule has 0 atom stereocenters. The average molecular weight is 281 g/mol. The van der Waals surface area contributed by atoms with Crippen molar-refractivity contribution in [3.63, 3.8) is 0 Å². The zero-order chi connectivity index (χ0) is 14.8. The van der Waals surface area contributed by atoms with Crippen molar-refractivity contribution in [3.8, 4) is 6.07 Å². The lowest BCUT2D eigenvalue weighted by atomic mass is 9.99. The Morgan fingerprint density at radius 3 is 2.95 bits per heavy atom. The Morgan fingerprint density at radius 2 is 2.14 bits per heavy atom. The topological polar surface area (TPSA) is 53.0 Å². The molecule has 0 unspecified atom stereocenters. The summed E-state index contributed by atoms with van der Waals surface area (Å²) in [6.45, 7) is 1.50. The standard InChI is InChI=1S/C17H16FN3/c18-14-8-12(10-19)7-13(9-14)11-21-6-2-3-15-16(20)4-1-5-17(15)21/h1,4-5,7-9H,2-3,6,11,20H2. The third kappa shape index (κ3) is 2.68. The zero-order valence-corrected chi connectivity index (χ0v) is 11.6. The van der Waals surface area contributed by atoms with Gasteiger partial charge in [-0.1, -0.05) is 6.07 Å². The van der Waals surface area contributed by atoms with Crippen LogP contribution in [-0.2, 0) is 13.0 Å². The molecule has 0 radical (unpaired) electrons. The van der Waals surface area contributed by atoms with Crippen molar-refractivity contribution in [1.29, 1.82) is 5.26 Å². The predicted molar refractivity (Wildman–Crippen MR) is 81.3 cm³/mol. The first kappa shape index (κ1) is 13.4. The summed E-state index contributed by atoms with van der Waals surface area (Å²) < 4.78 is 13.5. The molecule has 4 heteroatoms. The number of anilines is 2. The Hall–Kier alpha value is -2.54. The fourth-order valence-electron chi connectivity index (χ4n) is 2.92. The van der Waals surface area contributed by atoms with E-state index in [9.17, 15) is 4.39 Å². The van der Waals surface area contributed by atoms with Crippen LogP contribution in [0.25, 0.3) is 0 Å². The number of fused-ring (bicyclic) bond motifs is 1. The molecular weight excluding hydrogens is 265 g/mol. The van der Waals surface area contributed by atoms with Crippen LogP contribution in [0.3, 0.4) is 0 Å². The minimum Gasteiger partial charge on any atom is -0.398 e. The van der Waals surface area contributed by atoms with E-state index in [0.717, 1.165) is 36.3 Å². The third-order valence-corrected chi connectivity index (χ3v) is 3.84. The van der Waals surface area contributed by atoms with E-state index in [0.29, 0.717) is 12.1 Å². The molecule has 0 amide bonds. The average Bonchev–Trinajstić information content (AvgIpc) is 2.48. The second-order valence-corrected chi connectivity index (χ2v) is 5.33. The second-order valence-electron chi connectivity index (χ2n) is 5.33. The zero-order valence-electron chi connectivity index (χ0n) is 11.6. The number of rotatable bonds is 2. The lowest BCUT2D eigenvalue weighted by Gasteiger charge is -2.32. The third-order valence-electron chi connectivity index (χ3n) is 3.84. The van der Waals surface area contributed by atoms with Gasteiger partial charge in [-0.05, 0) is 54.3 Å². The Labute approximate surface area is 123 Å². The van der Waals surface area contributed by atoms with E-state index in [1.165, 1.54) is 17.7 Å². The maximum absolute atomic E-state index is 13.5. The predicted octanol–water partition coefficient (Wildman–Crippen LogP) is 3.23. The monoisotopic (exact) mass is 281 g/mol. The molecule has 3 nitrogen and oxygen atoms in total. The van der Waals surface area contributed by atoms with Crippen LogP contribution in [0.5, 0.6) is 0 Å². The number of benzene rings is 2. The van der Waals surface area contributed by atoms with Gasteiger partial charge in [0.25, 0.3) is 0 Å². The Bertz CT molecular complexity index is 718. The highest BCUT2D eigenvalue weighted by molar-refractivity contribution is 5.66. The Kier molecular flexibility index (Phi) is 3.49. The maximum Gasteiger partial charge on any atom is 0.124 e. The van der Waals surface area contributed by atoms with E-state index in [-0.39, 0.29) is 5.82 Å². The largest absolute Gasteiger partial charge is 0.398 e. The summed E-state index contributed by atoms with van der Waals surface area (Å²) in [5.41, 5.74) is 10.3. The first-order chi connectivity index (χ1) is 10.2. The van der Waals surface area contributed by atoms with E-state index in [2.05, 4.69) is 11.0 Å². The van der Waals surface area contributed by atoms with Crippen LogP contribution in [-0.4, -0.2) is 6.54 Å². The molecule has 0 bridgehead atoms. The Morgan fingerprint density at radius 1 is 1.29 bits per heavy atom. The number of nitrogen functional groups attached to an aromatic ring is 1. The molecule has 0 aromatic heterocycles. The molecule has 0 saturated carbocycles. The van der Waals surface area contributed by atoms with Crippen molar-refractivity contribution in [2.24, 2.45) is 0 Å². The van der Waals surface area contributed by atoms with Crippen LogP contribution in [0.4, 0.5) is 15.8 Å². The van der Waals surface area contributed by atoms with Gasteiger partial charge >= 0.3 is 0 Å². The summed E-state index contributed by atoms with van der Waals surface area (Å²) in [5, 5.41) is 8.94. The highest BCUT2D eigenvalue weighted by Crippen LogP contribution is 2.32. The van der Waals surface area contributed by atoms with Gasteiger partial charge in [-0.15, -0.1) is 0 Å². The molecular formula is C17H16FN3. The van der Waals surface area contributed by atoms with Gasteiger partial charge in [0.2, 0.25) is 0 Å². The van der Waals surface area contributed by atoms with Crippen molar-refractivity contribution < 1.29 is 4.39 Å². The molecule has 2 N–H and O–H groups in total. The molecule has 2 aromatic rings.